The van der Waals surface area contributed by atoms with Crippen molar-refractivity contribution in [2.24, 2.45) is 12.5 Å². The number of hydrogen-bond donors (Lipinski definition) is 1. The molecule has 0 spiro atoms. The van der Waals surface area contributed by atoms with Crippen molar-refractivity contribution in [1.82, 2.24) is 20.1 Å². The predicted octanol–water partition coefficient (Wildman–Crippen LogP) is 4.83. The maximum Gasteiger partial charge on any atom is 0.270 e. The smallest absolute Gasteiger partial charge is 0.270 e. The van der Waals surface area contributed by atoms with E-state index in [4.69, 9.17) is 4.74 Å². The number of carbonyl (C=O) groups excluding carboxylic acids is 1. The number of aromatic nitrogens is 3. The Balaban J connectivity index is 1.39. The van der Waals surface area contributed by atoms with Crippen LogP contribution in [0, 0.1) is 5.41 Å². The van der Waals surface area contributed by atoms with Gasteiger partial charge in [-0.2, -0.15) is 5.10 Å². The van der Waals surface area contributed by atoms with E-state index in [2.05, 4.69) is 53.5 Å². The number of nitrogens with zero attached hydrogens (tertiary/aromatic N) is 3. The molecule has 4 heterocycles. The Labute approximate surface area is 197 Å². The van der Waals surface area contributed by atoms with Crippen LogP contribution in [0.5, 0.6) is 0 Å². The summed E-state index contributed by atoms with van der Waals surface area (Å²) in [5.41, 5.74) is 5.82. The van der Waals surface area contributed by atoms with Crippen molar-refractivity contribution in [3.63, 3.8) is 0 Å². The van der Waals surface area contributed by atoms with Gasteiger partial charge in [0.05, 0.1) is 23.0 Å². The molecule has 0 radical (unpaired) electrons. The fourth-order valence-corrected chi connectivity index (χ4v) is 5.25. The van der Waals surface area contributed by atoms with Crippen LogP contribution in [0.4, 0.5) is 0 Å². The average molecular weight is 461 g/mol. The molecule has 0 bridgehead atoms. The summed E-state index contributed by atoms with van der Waals surface area (Å²) in [7, 11) is 1.92. The SMILES string of the molecule is Cn1cc(-c2ccc(Cc3cc(C(=O)NC4CCOCC4(C)C)nc4ccsc34)cc2)cn1. The van der Waals surface area contributed by atoms with E-state index in [-0.39, 0.29) is 17.4 Å². The van der Waals surface area contributed by atoms with Crippen LogP contribution in [-0.4, -0.2) is 39.9 Å². The fraction of sp³-hybridized carbons (Fsp3) is 0.346. The van der Waals surface area contributed by atoms with Crippen LogP contribution in [0.3, 0.4) is 0 Å². The summed E-state index contributed by atoms with van der Waals surface area (Å²) in [6.07, 6.45) is 5.45. The third-order valence-electron chi connectivity index (χ3n) is 6.38. The highest BCUT2D eigenvalue weighted by Crippen LogP contribution is 2.30. The van der Waals surface area contributed by atoms with E-state index in [1.54, 1.807) is 11.3 Å². The molecule has 1 aliphatic rings. The lowest BCUT2D eigenvalue weighted by Crippen LogP contribution is -2.50. The van der Waals surface area contributed by atoms with Gasteiger partial charge in [0.2, 0.25) is 0 Å². The van der Waals surface area contributed by atoms with E-state index in [0.29, 0.717) is 18.9 Å². The maximum absolute atomic E-state index is 13.2. The van der Waals surface area contributed by atoms with Crippen LogP contribution >= 0.6 is 11.3 Å². The molecule has 33 heavy (non-hydrogen) atoms. The van der Waals surface area contributed by atoms with Crippen LogP contribution in [0.1, 0.15) is 41.9 Å². The normalized spacial score (nSPS) is 17.8. The van der Waals surface area contributed by atoms with Crippen molar-refractivity contribution in [2.75, 3.05) is 13.2 Å². The highest BCUT2D eigenvalue weighted by Gasteiger charge is 2.34. The summed E-state index contributed by atoms with van der Waals surface area (Å²) in [5, 5.41) is 9.51. The molecule has 1 aromatic carbocycles. The van der Waals surface area contributed by atoms with Crippen molar-refractivity contribution in [2.45, 2.75) is 32.7 Å². The third-order valence-corrected chi connectivity index (χ3v) is 7.36. The van der Waals surface area contributed by atoms with E-state index < -0.39 is 0 Å². The number of pyridine rings is 1. The second-order valence-electron chi connectivity index (χ2n) is 9.43. The lowest BCUT2D eigenvalue weighted by Gasteiger charge is -2.38. The van der Waals surface area contributed by atoms with Gasteiger partial charge in [0.15, 0.2) is 0 Å². The lowest BCUT2D eigenvalue weighted by molar-refractivity contribution is -0.0116. The van der Waals surface area contributed by atoms with Crippen molar-refractivity contribution in [3.8, 4) is 11.1 Å². The first-order valence-electron chi connectivity index (χ1n) is 11.2. The first-order chi connectivity index (χ1) is 15.9. The number of nitrogens with one attached hydrogen (secondary N) is 1. The molecule has 1 atom stereocenters. The van der Waals surface area contributed by atoms with Gasteiger partial charge in [-0.1, -0.05) is 38.1 Å². The van der Waals surface area contributed by atoms with Gasteiger partial charge in [-0.15, -0.1) is 11.3 Å². The third kappa shape index (κ3) is 4.56. The Morgan fingerprint density at radius 3 is 2.79 bits per heavy atom. The molecular formula is C26H28N4O2S. The molecule has 7 heteroatoms. The molecule has 4 aromatic rings. The number of thiophene rings is 1. The van der Waals surface area contributed by atoms with Crippen LogP contribution in [-0.2, 0) is 18.2 Å². The molecule has 1 aliphatic heterocycles. The zero-order chi connectivity index (χ0) is 23.0. The standard InChI is InChI=1S/C26H28N4O2S/c1-26(2)16-32-10-8-23(26)29-25(31)22-13-19(24-21(28-22)9-11-33-24)12-17-4-6-18(7-5-17)20-14-27-30(3)15-20/h4-7,9,11,13-15,23H,8,10,12,16H2,1-3H3,(H,29,31). The Bertz CT molecular complexity index is 1290. The maximum atomic E-state index is 13.2. The average Bonchev–Trinajstić information content (AvgIpc) is 3.44. The van der Waals surface area contributed by atoms with Crippen molar-refractivity contribution < 1.29 is 9.53 Å². The topological polar surface area (TPSA) is 69.0 Å². The number of benzene rings is 1. The predicted molar refractivity (Wildman–Crippen MR) is 132 cm³/mol. The highest BCUT2D eigenvalue weighted by molar-refractivity contribution is 7.17. The molecular weight excluding hydrogens is 432 g/mol. The summed E-state index contributed by atoms with van der Waals surface area (Å²) in [5.74, 6) is -0.115. The largest absolute Gasteiger partial charge is 0.381 e. The minimum atomic E-state index is -0.115. The minimum absolute atomic E-state index is 0.0715. The van der Waals surface area contributed by atoms with Gasteiger partial charge in [0.25, 0.3) is 5.91 Å². The number of aryl methyl sites for hydroxylation is 1. The van der Waals surface area contributed by atoms with Crippen LogP contribution in [0.15, 0.2) is 54.2 Å². The molecule has 1 saturated heterocycles. The molecule has 1 N–H and O–H groups in total. The summed E-state index contributed by atoms with van der Waals surface area (Å²) >= 11 is 1.67. The summed E-state index contributed by atoms with van der Waals surface area (Å²) in [6, 6.07) is 12.6. The Morgan fingerprint density at radius 2 is 2.06 bits per heavy atom. The molecule has 5 rings (SSSR count). The Kier molecular flexibility index (Phi) is 5.76. The molecule has 0 aliphatic carbocycles. The zero-order valence-corrected chi connectivity index (χ0v) is 20.0. The number of hydrogen-bond acceptors (Lipinski definition) is 5. The second-order valence-corrected chi connectivity index (χ2v) is 10.3. The number of fused-ring (bicyclic) bond motifs is 1. The highest BCUT2D eigenvalue weighted by atomic mass is 32.1. The molecule has 3 aromatic heterocycles. The first kappa shape index (κ1) is 21.8. The van der Waals surface area contributed by atoms with Gasteiger partial charge in [-0.3, -0.25) is 9.48 Å². The van der Waals surface area contributed by atoms with Crippen molar-refractivity contribution in [3.05, 3.63) is 71.0 Å². The molecule has 6 nitrogen and oxygen atoms in total. The van der Waals surface area contributed by atoms with Gasteiger partial charge in [-0.05, 0) is 47.0 Å². The van der Waals surface area contributed by atoms with E-state index in [1.807, 2.05) is 41.6 Å². The number of amides is 1. The summed E-state index contributed by atoms with van der Waals surface area (Å²) in [4.78, 5) is 17.8. The van der Waals surface area contributed by atoms with Crippen LogP contribution < -0.4 is 5.32 Å². The number of carbonyl (C=O) groups is 1. The van der Waals surface area contributed by atoms with Crippen LogP contribution in [0.25, 0.3) is 21.3 Å². The molecule has 0 saturated carbocycles. The van der Waals surface area contributed by atoms with Gasteiger partial charge < -0.3 is 10.1 Å². The Morgan fingerprint density at radius 1 is 1.24 bits per heavy atom. The zero-order valence-electron chi connectivity index (χ0n) is 19.2. The summed E-state index contributed by atoms with van der Waals surface area (Å²) in [6.45, 7) is 5.58. The van der Waals surface area contributed by atoms with Gasteiger partial charge in [0.1, 0.15) is 5.69 Å². The lowest BCUT2D eigenvalue weighted by atomic mass is 9.82. The van der Waals surface area contributed by atoms with Crippen LogP contribution in [0.2, 0.25) is 0 Å². The van der Waals surface area contributed by atoms with Crippen molar-refractivity contribution >= 4 is 27.5 Å². The minimum Gasteiger partial charge on any atom is -0.381 e. The van der Waals surface area contributed by atoms with E-state index in [1.165, 1.54) is 5.56 Å². The van der Waals surface area contributed by atoms with E-state index in [0.717, 1.165) is 39.7 Å². The van der Waals surface area contributed by atoms with Crippen molar-refractivity contribution in [1.29, 1.82) is 0 Å². The first-order valence-corrected chi connectivity index (χ1v) is 12.1. The number of rotatable bonds is 5. The fourth-order valence-electron chi connectivity index (χ4n) is 4.40. The van der Waals surface area contributed by atoms with E-state index >= 15 is 0 Å². The van der Waals surface area contributed by atoms with Gasteiger partial charge >= 0.3 is 0 Å². The molecule has 1 unspecified atom stereocenters. The quantitative estimate of drug-likeness (QED) is 0.463. The molecule has 1 amide bonds. The van der Waals surface area contributed by atoms with Gasteiger partial charge in [0, 0.05) is 36.9 Å². The molecule has 170 valence electrons. The number of ether oxygens (including phenoxy) is 1. The summed E-state index contributed by atoms with van der Waals surface area (Å²) < 4.78 is 8.54. The Hall–Kier alpha value is -3.03. The van der Waals surface area contributed by atoms with Gasteiger partial charge in [-0.25, -0.2) is 4.98 Å². The van der Waals surface area contributed by atoms with E-state index in [9.17, 15) is 4.79 Å². The second kappa shape index (κ2) is 8.72. The molecule has 1 fully saturated rings. The monoisotopic (exact) mass is 460 g/mol.